The Balaban J connectivity index is 2.17. The second kappa shape index (κ2) is 5.27. The monoisotopic (exact) mass is 255 g/mol. The van der Waals surface area contributed by atoms with E-state index in [1.807, 2.05) is 24.8 Å². The molecule has 2 nitrogen and oxygen atoms in total. The lowest BCUT2D eigenvalue weighted by atomic mass is 9.92. The first-order valence-electron chi connectivity index (χ1n) is 5.88. The Morgan fingerprint density at radius 2 is 2.06 bits per heavy atom. The molecule has 4 heteroatoms. The summed E-state index contributed by atoms with van der Waals surface area (Å²) in [6, 6.07) is 4.92. The highest BCUT2D eigenvalue weighted by Crippen LogP contribution is 2.30. The molecule has 1 aromatic rings. The van der Waals surface area contributed by atoms with Gasteiger partial charge in [-0.05, 0) is 55.0 Å². The molecule has 17 heavy (non-hydrogen) atoms. The van der Waals surface area contributed by atoms with E-state index in [0.29, 0.717) is 0 Å². The fourth-order valence-electron chi connectivity index (χ4n) is 2.20. The number of anilines is 1. The van der Waals surface area contributed by atoms with Crippen LogP contribution in [-0.4, -0.2) is 28.8 Å². The number of aliphatic hydroxyl groups is 1. The van der Waals surface area contributed by atoms with Gasteiger partial charge < -0.3 is 10.4 Å². The Morgan fingerprint density at radius 1 is 1.35 bits per heavy atom. The molecule has 0 saturated carbocycles. The van der Waals surface area contributed by atoms with Crippen molar-refractivity contribution in [1.29, 1.82) is 0 Å². The van der Waals surface area contributed by atoms with E-state index < -0.39 is 0 Å². The van der Waals surface area contributed by atoms with E-state index >= 15 is 0 Å². The van der Waals surface area contributed by atoms with Crippen molar-refractivity contribution in [2.24, 2.45) is 0 Å². The summed E-state index contributed by atoms with van der Waals surface area (Å²) in [5.74, 6) is 1.86. The van der Waals surface area contributed by atoms with Gasteiger partial charge in [0.05, 0.1) is 12.1 Å². The third-order valence-corrected chi connectivity index (χ3v) is 4.19. The Labute approximate surface area is 106 Å². The Bertz CT molecular complexity index is 371. The topological polar surface area (TPSA) is 32.3 Å². The van der Waals surface area contributed by atoms with E-state index in [1.54, 1.807) is 0 Å². The molecule has 0 bridgehead atoms. The van der Waals surface area contributed by atoms with Crippen LogP contribution >= 0.6 is 11.8 Å². The highest BCUT2D eigenvalue weighted by molar-refractivity contribution is 7.99. The molecule has 1 saturated heterocycles. The van der Waals surface area contributed by atoms with Crippen LogP contribution in [0.4, 0.5) is 10.1 Å². The van der Waals surface area contributed by atoms with Crippen molar-refractivity contribution in [2.45, 2.75) is 25.3 Å². The Morgan fingerprint density at radius 3 is 2.65 bits per heavy atom. The summed E-state index contributed by atoms with van der Waals surface area (Å²) in [6.45, 7) is 1.97. The normalized spacial score (nSPS) is 19.0. The SMILES string of the molecule is Cc1cc(F)cc(NC2(CO)CCSCC2)c1. The lowest BCUT2D eigenvalue weighted by Crippen LogP contribution is -2.45. The van der Waals surface area contributed by atoms with Crippen LogP contribution in [0.25, 0.3) is 0 Å². The molecule has 0 radical (unpaired) electrons. The summed E-state index contributed by atoms with van der Waals surface area (Å²) >= 11 is 1.90. The molecule has 0 amide bonds. The van der Waals surface area contributed by atoms with E-state index in [-0.39, 0.29) is 18.0 Å². The fourth-order valence-corrected chi connectivity index (χ4v) is 3.47. The summed E-state index contributed by atoms with van der Waals surface area (Å²) < 4.78 is 13.3. The fraction of sp³-hybridized carbons (Fsp3) is 0.538. The van der Waals surface area contributed by atoms with E-state index in [2.05, 4.69) is 5.32 Å². The largest absolute Gasteiger partial charge is 0.394 e. The van der Waals surface area contributed by atoms with E-state index in [4.69, 9.17) is 0 Å². The first-order valence-corrected chi connectivity index (χ1v) is 7.03. The molecule has 0 unspecified atom stereocenters. The van der Waals surface area contributed by atoms with Crippen LogP contribution < -0.4 is 5.32 Å². The highest BCUT2D eigenvalue weighted by Gasteiger charge is 2.31. The predicted octanol–water partition coefficient (Wildman–Crippen LogP) is 2.80. The molecule has 1 aliphatic heterocycles. The predicted molar refractivity (Wildman–Crippen MR) is 71.1 cm³/mol. The van der Waals surface area contributed by atoms with Crippen LogP contribution in [0.5, 0.6) is 0 Å². The van der Waals surface area contributed by atoms with Crippen LogP contribution in [0.2, 0.25) is 0 Å². The second-order valence-electron chi connectivity index (χ2n) is 4.69. The molecule has 94 valence electrons. The van der Waals surface area contributed by atoms with Crippen LogP contribution in [0.15, 0.2) is 18.2 Å². The van der Waals surface area contributed by atoms with Crippen molar-refractivity contribution in [1.82, 2.24) is 0 Å². The first-order chi connectivity index (χ1) is 8.13. The third-order valence-electron chi connectivity index (χ3n) is 3.20. The second-order valence-corrected chi connectivity index (χ2v) is 5.92. The smallest absolute Gasteiger partial charge is 0.125 e. The van der Waals surface area contributed by atoms with Gasteiger partial charge in [-0.1, -0.05) is 0 Å². The van der Waals surface area contributed by atoms with Crippen molar-refractivity contribution in [3.63, 3.8) is 0 Å². The number of halogens is 1. The number of rotatable bonds is 3. The molecule has 0 spiro atoms. The van der Waals surface area contributed by atoms with Gasteiger partial charge in [0, 0.05) is 5.69 Å². The number of thioether (sulfide) groups is 1. The van der Waals surface area contributed by atoms with E-state index in [1.165, 1.54) is 12.1 Å². The van der Waals surface area contributed by atoms with E-state index in [9.17, 15) is 9.50 Å². The van der Waals surface area contributed by atoms with Gasteiger partial charge in [0.15, 0.2) is 0 Å². The zero-order valence-electron chi connectivity index (χ0n) is 10.0. The Kier molecular flexibility index (Phi) is 3.94. The van der Waals surface area contributed by atoms with Crippen LogP contribution in [0, 0.1) is 12.7 Å². The van der Waals surface area contributed by atoms with Gasteiger partial charge in [-0.15, -0.1) is 0 Å². The highest BCUT2D eigenvalue weighted by atomic mass is 32.2. The molecule has 0 aliphatic carbocycles. The molecular formula is C13H18FNOS. The summed E-state index contributed by atoms with van der Waals surface area (Å²) in [6.07, 6.45) is 1.84. The molecule has 1 aromatic carbocycles. The first kappa shape index (κ1) is 12.7. The summed E-state index contributed by atoms with van der Waals surface area (Å²) in [5.41, 5.74) is 1.39. The third kappa shape index (κ3) is 3.13. The number of nitrogens with one attached hydrogen (secondary N) is 1. The minimum Gasteiger partial charge on any atom is -0.394 e. The van der Waals surface area contributed by atoms with Gasteiger partial charge in [0.25, 0.3) is 0 Å². The van der Waals surface area contributed by atoms with Crippen molar-refractivity contribution in [2.75, 3.05) is 23.4 Å². The zero-order chi connectivity index (χ0) is 12.3. The quantitative estimate of drug-likeness (QED) is 0.871. The number of aliphatic hydroxyl groups excluding tert-OH is 1. The van der Waals surface area contributed by atoms with Gasteiger partial charge in [-0.3, -0.25) is 0 Å². The van der Waals surface area contributed by atoms with Gasteiger partial charge in [-0.25, -0.2) is 4.39 Å². The van der Waals surface area contributed by atoms with Gasteiger partial charge in [-0.2, -0.15) is 11.8 Å². The van der Waals surface area contributed by atoms with Gasteiger partial charge in [0.1, 0.15) is 5.82 Å². The van der Waals surface area contributed by atoms with Gasteiger partial charge in [0.2, 0.25) is 0 Å². The minimum atomic E-state index is -0.272. The zero-order valence-corrected chi connectivity index (χ0v) is 10.8. The van der Waals surface area contributed by atoms with Gasteiger partial charge >= 0.3 is 0 Å². The molecule has 2 N–H and O–H groups in total. The van der Waals surface area contributed by atoms with Crippen molar-refractivity contribution in [3.8, 4) is 0 Å². The maximum atomic E-state index is 13.3. The lowest BCUT2D eigenvalue weighted by Gasteiger charge is -2.37. The van der Waals surface area contributed by atoms with Crippen LogP contribution in [0.3, 0.4) is 0 Å². The molecule has 0 atom stereocenters. The molecular weight excluding hydrogens is 237 g/mol. The maximum absolute atomic E-state index is 13.3. The molecule has 0 aromatic heterocycles. The molecule has 1 fully saturated rings. The average molecular weight is 255 g/mol. The number of hydrogen-bond acceptors (Lipinski definition) is 3. The number of aryl methyl sites for hydroxylation is 1. The summed E-state index contributed by atoms with van der Waals surface area (Å²) in [5, 5.41) is 12.9. The van der Waals surface area contributed by atoms with Crippen molar-refractivity contribution < 1.29 is 9.50 Å². The van der Waals surface area contributed by atoms with Crippen LogP contribution in [0.1, 0.15) is 18.4 Å². The van der Waals surface area contributed by atoms with Crippen molar-refractivity contribution in [3.05, 3.63) is 29.6 Å². The standard InChI is InChI=1S/C13H18FNOS/c1-10-6-11(14)8-12(7-10)15-13(9-16)2-4-17-5-3-13/h6-8,15-16H,2-5,9H2,1H3. The average Bonchev–Trinajstić information content (AvgIpc) is 2.29. The van der Waals surface area contributed by atoms with Crippen molar-refractivity contribution >= 4 is 17.4 Å². The van der Waals surface area contributed by atoms with Crippen LogP contribution in [-0.2, 0) is 0 Å². The molecule has 1 heterocycles. The number of hydrogen-bond donors (Lipinski definition) is 2. The van der Waals surface area contributed by atoms with E-state index in [0.717, 1.165) is 35.6 Å². The molecule has 2 rings (SSSR count). The summed E-state index contributed by atoms with van der Waals surface area (Å²) in [7, 11) is 0. The Hall–Kier alpha value is -0.740. The maximum Gasteiger partial charge on any atom is 0.125 e. The lowest BCUT2D eigenvalue weighted by molar-refractivity contribution is 0.202. The minimum absolute atomic E-state index is 0.100. The summed E-state index contributed by atoms with van der Waals surface area (Å²) in [4.78, 5) is 0. The molecule has 1 aliphatic rings. The number of benzene rings is 1.